The number of amides is 1. The van der Waals surface area contributed by atoms with Gasteiger partial charge in [0.2, 0.25) is 11.9 Å². The topological polar surface area (TPSA) is 109 Å². The Hall–Kier alpha value is -2.64. The van der Waals surface area contributed by atoms with E-state index in [1.165, 1.54) is 25.2 Å². The van der Waals surface area contributed by atoms with Crippen LogP contribution < -0.4 is 21.7 Å². The van der Waals surface area contributed by atoms with Gasteiger partial charge in [0.25, 0.3) is 5.91 Å². The monoisotopic (exact) mass is 332 g/mol. The Morgan fingerprint density at radius 2 is 2.00 bits per heavy atom. The molecule has 1 aliphatic carbocycles. The molecule has 7 nitrogen and oxygen atoms in total. The van der Waals surface area contributed by atoms with Gasteiger partial charge in [-0.2, -0.15) is 4.99 Å². The van der Waals surface area contributed by atoms with E-state index in [1.807, 2.05) is 0 Å². The van der Waals surface area contributed by atoms with Crippen molar-refractivity contribution < 1.29 is 9.18 Å². The van der Waals surface area contributed by atoms with Crippen molar-refractivity contribution in [3.05, 3.63) is 29.6 Å². The van der Waals surface area contributed by atoms with Crippen molar-refractivity contribution in [3.63, 3.8) is 0 Å². The number of nitrogens with two attached hydrogens (primary N) is 2. The molecule has 1 aliphatic heterocycles. The van der Waals surface area contributed by atoms with Gasteiger partial charge in [-0.1, -0.05) is 6.42 Å². The van der Waals surface area contributed by atoms with Crippen molar-refractivity contribution in [1.29, 1.82) is 0 Å². The Bertz CT molecular complexity index is 723. The van der Waals surface area contributed by atoms with E-state index >= 15 is 0 Å². The van der Waals surface area contributed by atoms with Gasteiger partial charge in [0.05, 0.1) is 11.3 Å². The van der Waals surface area contributed by atoms with E-state index in [2.05, 4.69) is 15.3 Å². The van der Waals surface area contributed by atoms with Gasteiger partial charge in [0.1, 0.15) is 11.5 Å². The molecule has 2 aliphatic rings. The number of anilines is 1. The Morgan fingerprint density at radius 1 is 1.29 bits per heavy atom. The first-order chi connectivity index (χ1) is 11.5. The number of hydrogen-bond donors (Lipinski definition) is 3. The van der Waals surface area contributed by atoms with Crippen LogP contribution >= 0.6 is 0 Å². The maximum atomic E-state index is 13.7. The van der Waals surface area contributed by atoms with Crippen LogP contribution in [0.4, 0.5) is 10.1 Å². The molecule has 24 heavy (non-hydrogen) atoms. The SMILES string of the molecule is CNC(=O)c1cc(F)ccc1N1C(N)=NC(N)=NC12CCCCC2. The van der Waals surface area contributed by atoms with Crippen molar-refractivity contribution in [3.8, 4) is 0 Å². The smallest absolute Gasteiger partial charge is 0.253 e. The zero-order chi connectivity index (χ0) is 17.3. The lowest BCUT2D eigenvalue weighted by Crippen LogP contribution is -2.58. The number of nitrogens with one attached hydrogen (secondary N) is 1. The second-order valence-electron chi connectivity index (χ2n) is 6.06. The van der Waals surface area contributed by atoms with Crippen LogP contribution in [0.15, 0.2) is 28.2 Å². The average molecular weight is 332 g/mol. The number of carbonyl (C=O) groups excluding carboxylic acids is 1. The van der Waals surface area contributed by atoms with Crippen LogP contribution in [0.3, 0.4) is 0 Å². The first-order valence-corrected chi connectivity index (χ1v) is 7.98. The molecule has 0 aromatic heterocycles. The van der Waals surface area contributed by atoms with Crippen molar-refractivity contribution >= 4 is 23.5 Å². The van der Waals surface area contributed by atoms with Crippen molar-refractivity contribution in [2.75, 3.05) is 11.9 Å². The Kier molecular flexibility index (Phi) is 4.13. The molecule has 8 heteroatoms. The van der Waals surface area contributed by atoms with Gasteiger partial charge in [-0.15, -0.1) is 0 Å². The molecule has 0 bridgehead atoms. The Balaban J connectivity index is 2.16. The number of benzene rings is 1. The molecule has 128 valence electrons. The fourth-order valence-electron chi connectivity index (χ4n) is 3.49. The molecule has 5 N–H and O–H groups in total. The van der Waals surface area contributed by atoms with Crippen LogP contribution in [0, 0.1) is 5.82 Å². The first-order valence-electron chi connectivity index (χ1n) is 7.98. The summed E-state index contributed by atoms with van der Waals surface area (Å²) in [4.78, 5) is 22.6. The minimum absolute atomic E-state index is 0.134. The largest absolute Gasteiger partial charge is 0.369 e. The lowest BCUT2D eigenvalue weighted by atomic mass is 9.87. The average Bonchev–Trinajstić information content (AvgIpc) is 2.55. The van der Waals surface area contributed by atoms with E-state index < -0.39 is 17.4 Å². The van der Waals surface area contributed by atoms with Gasteiger partial charge in [-0.3, -0.25) is 9.69 Å². The van der Waals surface area contributed by atoms with Crippen LogP contribution in [-0.2, 0) is 0 Å². The maximum absolute atomic E-state index is 13.7. The summed E-state index contributed by atoms with van der Waals surface area (Å²) < 4.78 is 13.7. The van der Waals surface area contributed by atoms with Gasteiger partial charge in [-0.25, -0.2) is 9.38 Å². The summed E-state index contributed by atoms with van der Waals surface area (Å²) >= 11 is 0. The molecule has 1 aromatic carbocycles. The fourth-order valence-corrected chi connectivity index (χ4v) is 3.49. The van der Waals surface area contributed by atoms with Crippen molar-refractivity contribution in [1.82, 2.24) is 5.32 Å². The maximum Gasteiger partial charge on any atom is 0.253 e. The molecule has 1 heterocycles. The molecule has 1 fully saturated rings. The lowest BCUT2D eigenvalue weighted by Gasteiger charge is -2.46. The summed E-state index contributed by atoms with van der Waals surface area (Å²) in [5.41, 5.74) is 12.0. The normalized spacial score (nSPS) is 19.7. The van der Waals surface area contributed by atoms with Gasteiger partial charge >= 0.3 is 0 Å². The summed E-state index contributed by atoms with van der Waals surface area (Å²) in [6.07, 6.45) is 4.53. The van der Waals surface area contributed by atoms with E-state index in [9.17, 15) is 9.18 Å². The van der Waals surface area contributed by atoms with Gasteiger partial charge in [0, 0.05) is 7.05 Å². The highest BCUT2D eigenvalue weighted by Gasteiger charge is 2.43. The van der Waals surface area contributed by atoms with Crippen molar-refractivity contribution in [2.45, 2.75) is 37.8 Å². The second kappa shape index (κ2) is 6.10. The first kappa shape index (κ1) is 16.2. The molecule has 1 saturated carbocycles. The molecule has 0 unspecified atom stereocenters. The number of hydrogen-bond acceptors (Lipinski definition) is 6. The molecule has 0 saturated heterocycles. The highest BCUT2D eigenvalue weighted by Crippen LogP contribution is 2.40. The highest BCUT2D eigenvalue weighted by atomic mass is 19.1. The Morgan fingerprint density at radius 3 is 2.67 bits per heavy atom. The van der Waals surface area contributed by atoms with Crippen LogP contribution in [0.2, 0.25) is 0 Å². The third-order valence-corrected chi connectivity index (χ3v) is 4.52. The number of carbonyl (C=O) groups is 1. The summed E-state index contributed by atoms with van der Waals surface area (Å²) in [5, 5.41) is 2.53. The zero-order valence-corrected chi connectivity index (χ0v) is 13.6. The Labute approximate surface area is 139 Å². The highest BCUT2D eigenvalue weighted by molar-refractivity contribution is 6.10. The zero-order valence-electron chi connectivity index (χ0n) is 13.6. The molecule has 1 aromatic rings. The number of halogens is 1. The number of aliphatic imine (C=N–C) groups is 2. The van der Waals surface area contributed by atoms with E-state index in [1.54, 1.807) is 4.90 Å². The summed E-state index contributed by atoms with van der Waals surface area (Å²) in [7, 11) is 1.50. The molecule has 1 amide bonds. The van der Waals surface area contributed by atoms with E-state index in [0.717, 1.165) is 32.1 Å². The minimum Gasteiger partial charge on any atom is -0.369 e. The summed E-state index contributed by atoms with van der Waals surface area (Å²) in [6, 6.07) is 4.03. The predicted octanol–water partition coefficient (Wildman–Crippen LogP) is 1.30. The van der Waals surface area contributed by atoms with Crippen LogP contribution in [-0.4, -0.2) is 30.5 Å². The van der Waals surface area contributed by atoms with Crippen LogP contribution in [0.1, 0.15) is 42.5 Å². The van der Waals surface area contributed by atoms with E-state index in [0.29, 0.717) is 5.69 Å². The van der Waals surface area contributed by atoms with Gasteiger partial charge in [0.15, 0.2) is 0 Å². The lowest BCUT2D eigenvalue weighted by molar-refractivity contribution is 0.0963. The molecule has 3 rings (SSSR count). The number of guanidine groups is 2. The third kappa shape index (κ3) is 2.68. The molecular weight excluding hydrogens is 311 g/mol. The second-order valence-corrected chi connectivity index (χ2v) is 6.06. The van der Waals surface area contributed by atoms with Crippen molar-refractivity contribution in [2.24, 2.45) is 21.5 Å². The quantitative estimate of drug-likeness (QED) is 0.758. The summed E-state index contributed by atoms with van der Waals surface area (Å²) in [5.74, 6) is -0.591. The van der Waals surface area contributed by atoms with E-state index in [-0.39, 0.29) is 17.5 Å². The van der Waals surface area contributed by atoms with E-state index in [4.69, 9.17) is 11.5 Å². The number of nitrogens with zero attached hydrogens (tertiary/aromatic N) is 3. The standard InChI is InChI=1S/C16H21FN6O/c1-20-13(24)11-9-10(17)5-6-12(11)23-15(19)21-14(18)22-16(23)7-3-2-4-8-16/h5-6,9H,2-4,7-8H2,1H3,(H,20,24)(H4,18,19,21,22). The molecule has 0 atom stereocenters. The van der Waals surface area contributed by atoms with Gasteiger partial charge in [-0.05, 0) is 43.9 Å². The minimum atomic E-state index is -0.672. The fraction of sp³-hybridized carbons (Fsp3) is 0.438. The molecular formula is C16H21FN6O. The van der Waals surface area contributed by atoms with Gasteiger partial charge < -0.3 is 16.8 Å². The molecule has 0 radical (unpaired) electrons. The number of rotatable bonds is 2. The molecule has 1 spiro atoms. The van der Waals surface area contributed by atoms with Crippen LogP contribution in [0.25, 0.3) is 0 Å². The van der Waals surface area contributed by atoms with Crippen LogP contribution in [0.5, 0.6) is 0 Å². The third-order valence-electron chi connectivity index (χ3n) is 4.52. The summed E-state index contributed by atoms with van der Waals surface area (Å²) in [6.45, 7) is 0. The predicted molar refractivity (Wildman–Crippen MR) is 91.3 cm³/mol.